The fraction of sp³-hybridized carbons (Fsp3) is 0.293. The summed E-state index contributed by atoms with van der Waals surface area (Å²) in [6.07, 6.45) is -0.858. The van der Waals surface area contributed by atoms with Crippen LogP contribution in [0.2, 0.25) is 0 Å². The van der Waals surface area contributed by atoms with E-state index in [4.69, 9.17) is 9.47 Å². The van der Waals surface area contributed by atoms with Crippen LogP contribution < -0.4 is 10.6 Å². The van der Waals surface area contributed by atoms with E-state index in [0.29, 0.717) is 13.1 Å². The molecule has 1 fully saturated rings. The van der Waals surface area contributed by atoms with Gasteiger partial charge in [-0.2, -0.15) is 0 Å². The molecule has 48 heavy (non-hydrogen) atoms. The number of ether oxygens (including phenoxy) is 2. The Kier molecular flexibility index (Phi) is 10.8. The van der Waals surface area contributed by atoms with Gasteiger partial charge in [0, 0.05) is 37.2 Å². The molecule has 3 N–H and O–H groups in total. The molecule has 7 heteroatoms. The first kappa shape index (κ1) is 33.4. The summed E-state index contributed by atoms with van der Waals surface area (Å²) in [5, 5.41) is 17.9. The molecule has 0 radical (unpaired) electrons. The highest BCUT2D eigenvalue weighted by Gasteiger charge is 2.39. The summed E-state index contributed by atoms with van der Waals surface area (Å²) in [6, 6.07) is 41.0. The fourth-order valence-electron chi connectivity index (χ4n) is 6.31. The molecular formula is C41H45N3O4. The van der Waals surface area contributed by atoms with Crippen LogP contribution in [-0.4, -0.2) is 35.7 Å². The van der Waals surface area contributed by atoms with Crippen molar-refractivity contribution in [3.05, 3.63) is 155 Å². The van der Waals surface area contributed by atoms with Gasteiger partial charge in [-0.1, -0.05) is 122 Å². The van der Waals surface area contributed by atoms with E-state index in [-0.39, 0.29) is 36.8 Å². The lowest BCUT2D eigenvalue weighted by Crippen LogP contribution is -2.44. The van der Waals surface area contributed by atoms with Crippen molar-refractivity contribution in [3.63, 3.8) is 0 Å². The van der Waals surface area contributed by atoms with E-state index >= 15 is 0 Å². The molecule has 0 aliphatic carbocycles. The van der Waals surface area contributed by atoms with E-state index < -0.39 is 6.29 Å². The van der Waals surface area contributed by atoms with Crippen LogP contribution in [0.4, 0.5) is 4.79 Å². The number of aliphatic hydroxyl groups excluding tert-OH is 1. The van der Waals surface area contributed by atoms with Crippen LogP contribution >= 0.6 is 0 Å². The van der Waals surface area contributed by atoms with Crippen LogP contribution in [-0.2, 0) is 29.2 Å². The largest absolute Gasteiger partial charge is 0.392 e. The highest BCUT2D eigenvalue weighted by atomic mass is 16.7. The van der Waals surface area contributed by atoms with E-state index in [1.807, 2.05) is 78.9 Å². The Morgan fingerprint density at radius 2 is 1.35 bits per heavy atom. The molecule has 1 saturated heterocycles. The third-order valence-electron chi connectivity index (χ3n) is 9.51. The van der Waals surface area contributed by atoms with E-state index in [9.17, 15) is 9.90 Å². The lowest BCUT2D eigenvalue weighted by molar-refractivity contribution is -0.276. The lowest BCUT2D eigenvalue weighted by Gasteiger charge is -2.43. The highest BCUT2D eigenvalue weighted by molar-refractivity contribution is 5.83. The lowest BCUT2D eigenvalue weighted by atomic mass is 9.89. The van der Waals surface area contributed by atoms with Gasteiger partial charge in [0.05, 0.1) is 18.8 Å². The maximum Gasteiger partial charge on any atom is 0.315 e. The molecule has 1 aliphatic heterocycles. The number of carbonyl (C=O) groups excluding carboxylic acids is 1. The van der Waals surface area contributed by atoms with Gasteiger partial charge in [-0.25, -0.2) is 4.79 Å². The van der Waals surface area contributed by atoms with Crippen LogP contribution in [0.25, 0.3) is 10.8 Å². The maximum atomic E-state index is 12.4. The molecule has 5 aromatic rings. The Bertz CT molecular complexity index is 1780. The fourth-order valence-corrected chi connectivity index (χ4v) is 6.31. The van der Waals surface area contributed by atoms with E-state index in [1.165, 1.54) is 16.3 Å². The third kappa shape index (κ3) is 8.12. The Hall–Kier alpha value is -4.53. The van der Waals surface area contributed by atoms with Crippen molar-refractivity contribution in [2.24, 2.45) is 5.92 Å². The second-order valence-electron chi connectivity index (χ2n) is 12.8. The van der Waals surface area contributed by atoms with E-state index in [1.54, 1.807) is 0 Å². The molecule has 0 saturated carbocycles. The molecule has 6 rings (SSSR count). The summed E-state index contributed by atoms with van der Waals surface area (Å²) in [7, 11) is 2.16. The summed E-state index contributed by atoms with van der Waals surface area (Å²) >= 11 is 0. The zero-order chi connectivity index (χ0) is 33.5. The summed E-state index contributed by atoms with van der Waals surface area (Å²) in [5.74, 6) is 0.0744. The van der Waals surface area contributed by atoms with Crippen molar-refractivity contribution in [2.75, 3.05) is 13.6 Å². The van der Waals surface area contributed by atoms with Crippen LogP contribution in [0.3, 0.4) is 0 Å². The van der Waals surface area contributed by atoms with Gasteiger partial charge < -0.3 is 25.2 Å². The van der Waals surface area contributed by atoms with Crippen molar-refractivity contribution in [2.45, 2.75) is 58.1 Å². The zero-order valence-corrected chi connectivity index (χ0v) is 27.9. The molecule has 1 heterocycles. The summed E-state index contributed by atoms with van der Waals surface area (Å²) < 4.78 is 13.4. The summed E-state index contributed by atoms with van der Waals surface area (Å²) in [6.45, 7) is 6.04. The molecule has 0 bridgehead atoms. The minimum Gasteiger partial charge on any atom is -0.392 e. The van der Waals surface area contributed by atoms with Crippen LogP contribution in [0, 0.1) is 5.92 Å². The quantitative estimate of drug-likeness (QED) is 0.137. The highest BCUT2D eigenvalue weighted by Crippen LogP contribution is 2.42. The Morgan fingerprint density at radius 1 is 0.750 bits per heavy atom. The number of nitrogens with zero attached hydrogens (tertiary/aromatic N) is 1. The predicted octanol–water partition coefficient (Wildman–Crippen LogP) is 7.82. The topological polar surface area (TPSA) is 83.1 Å². The molecule has 5 aromatic carbocycles. The van der Waals surface area contributed by atoms with E-state index in [0.717, 1.165) is 34.4 Å². The van der Waals surface area contributed by atoms with Crippen molar-refractivity contribution in [1.82, 2.24) is 15.5 Å². The minimum absolute atomic E-state index is 0.00304. The molecular weight excluding hydrogens is 598 g/mol. The molecule has 2 amide bonds. The molecule has 248 valence electrons. The number of hydrogen-bond acceptors (Lipinski definition) is 5. The number of hydrogen-bond donors (Lipinski definition) is 3. The molecule has 7 nitrogen and oxygen atoms in total. The zero-order valence-electron chi connectivity index (χ0n) is 27.9. The van der Waals surface area contributed by atoms with Crippen molar-refractivity contribution < 1.29 is 19.4 Å². The molecule has 5 atom stereocenters. The summed E-state index contributed by atoms with van der Waals surface area (Å²) in [5.41, 5.74) is 6.15. The number of urea groups is 1. The van der Waals surface area contributed by atoms with Crippen molar-refractivity contribution in [1.29, 1.82) is 0 Å². The number of rotatable bonds is 11. The van der Waals surface area contributed by atoms with Gasteiger partial charge in [0.25, 0.3) is 0 Å². The Balaban J connectivity index is 1.14. The second-order valence-corrected chi connectivity index (χ2v) is 12.8. The number of likely N-dealkylation sites (N-methyl/N-ethyl adjacent to an activating group) is 1. The van der Waals surface area contributed by atoms with Gasteiger partial charge in [0.1, 0.15) is 0 Å². The molecule has 0 spiro atoms. The second kappa shape index (κ2) is 15.6. The Morgan fingerprint density at radius 3 is 2.04 bits per heavy atom. The third-order valence-corrected chi connectivity index (χ3v) is 9.51. The average molecular weight is 644 g/mol. The molecule has 5 unspecified atom stereocenters. The predicted molar refractivity (Wildman–Crippen MR) is 190 cm³/mol. The number of benzene rings is 5. The first-order valence-electron chi connectivity index (χ1n) is 16.7. The first-order chi connectivity index (χ1) is 23.4. The van der Waals surface area contributed by atoms with Gasteiger partial charge in [0.2, 0.25) is 0 Å². The number of carbonyl (C=O) groups is 1. The van der Waals surface area contributed by atoms with Crippen molar-refractivity contribution in [3.8, 4) is 0 Å². The van der Waals surface area contributed by atoms with Gasteiger partial charge >= 0.3 is 6.03 Å². The number of fused-ring (bicyclic) bond motifs is 1. The van der Waals surface area contributed by atoms with Crippen molar-refractivity contribution >= 4 is 16.8 Å². The van der Waals surface area contributed by atoms with Crippen LogP contribution in [0.15, 0.2) is 121 Å². The smallest absolute Gasteiger partial charge is 0.315 e. The summed E-state index contributed by atoms with van der Waals surface area (Å²) in [4.78, 5) is 14.7. The molecule has 0 aromatic heterocycles. The standard InChI is InChI=1S/C41H45N3O4/c1-28-38(26-44(3)29(2)36-22-21-33-11-7-8-12-37(33)23-36)47-40(48-39(28)34-17-15-32(27-45)16-18-34)35-19-13-31(14-20-35)25-43-41(46)42-24-30-9-5-4-6-10-30/h4-23,28-29,38-40,45H,24-27H2,1-3H3,(H2,42,43,46). The normalized spacial score (nSPS) is 20.0. The SMILES string of the molecule is CC1C(CN(C)C(C)c2ccc3ccccc3c2)OC(c2ccc(CNC(=O)NCc3ccccc3)cc2)OC1c1ccc(CO)cc1. The maximum absolute atomic E-state index is 12.4. The van der Waals surface area contributed by atoms with E-state index in [2.05, 4.69) is 78.9 Å². The van der Waals surface area contributed by atoms with Crippen LogP contribution in [0.1, 0.15) is 65.7 Å². The van der Waals surface area contributed by atoms with Gasteiger partial charge in [-0.15, -0.1) is 0 Å². The van der Waals surface area contributed by atoms with Gasteiger partial charge in [-0.05, 0) is 58.6 Å². The minimum atomic E-state index is -0.561. The molecule has 1 aliphatic rings. The van der Waals surface area contributed by atoms with Gasteiger partial charge in [0.15, 0.2) is 6.29 Å². The average Bonchev–Trinajstić information content (AvgIpc) is 3.14. The number of nitrogens with one attached hydrogen (secondary N) is 2. The van der Waals surface area contributed by atoms with Crippen LogP contribution in [0.5, 0.6) is 0 Å². The number of aliphatic hydroxyl groups is 1. The first-order valence-corrected chi connectivity index (χ1v) is 16.7. The Labute approximate surface area is 283 Å². The monoisotopic (exact) mass is 643 g/mol. The van der Waals surface area contributed by atoms with Gasteiger partial charge in [-0.3, -0.25) is 4.90 Å². The number of amides is 2.